The lowest BCUT2D eigenvalue weighted by Gasteiger charge is -2.17. The summed E-state index contributed by atoms with van der Waals surface area (Å²) in [6.07, 6.45) is 0. The number of rotatable bonds is 6. The van der Waals surface area contributed by atoms with Crippen LogP contribution >= 0.6 is 11.6 Å². The maximum absolute atomic E-state index is 12.4. The Morgan fingerprint density at radius 2 is 1.79 bits per heavy atom. The number of nitrogens with one attached hydrogen (secondary N) is 2. The maximum Gasteiger partial charge on any atom is 0.246 e. The quantitative estimate of drug-likeness (QED) is 0.825. The van der Waals surface area contributed by atoms with Gasteiger partial charge in [0.05, 0.1) is 19.9 Å². The zero-order valence-electron chi connectivity index (χ0n) is 14.1. The van der Waals surface area contributed by atoms with E-state index >= 15 is 0 Å². The maximum atomic E-state index is 12.4. The molecular formula is C18H21ClN2O3. The van der Waals surface area contributed by atoms with Crippen LogP contribution in [0.15, 0.2) is 36.4 Å². The van der Waals surface area contributed by atoms with Gasteiger partial charge in [0.2, 0.25) is 5.91 Å². The molecule has 1 atom stereocenters. The highest BCUT2D eigenvalue weighted by atomic mass is 35.5. The van der Waals surface area contributed by atoms with Crippen molar-refractivity contribution >= 4 is 28.9 Å². The third-order valence-electron chi connectivity index (χ3n) is 3.61. The molecule has 0 saturated heterocycles. The number of carbonyl (C=O) groups excluding carboxylic acids is 1. The second kappa shape index (κ2) is 7.93. The van der Waals surface area contributed by atoms with E-state index < -0.39 is 6.04 Å². The summed E-state index contributed by atoms with van der Waals surface area (Å²) < 4.78 is 10.4. The number of amides is 1. The molecule has 0 spiro atoms. The molecule has 6 heteroatoms. The number of aryl methyl sites for hydroxylation is 1. The van der Waals surface area contributed by atoms with Crippen LogP contribution in [0.4, 0.5) is 11.4 Å². The Balaban J connectivity index is 2.07. The number of ether oxygens (including phenoxy) is 2. The first-order chi connectivity index (χ1) is 11.4. The van der Waals surface area contributed by atoms with Crippen molar-refractivity contribution in [3.05, 3.63) is 47.0 Å². The highest BCUT2D eigenvalue weighted by molar-refractivity contribution is 6.31. The average Bonchev–Trinajstić information content (AvgIpc) is 2.58. The molecule has 0 fully saturated rings. The van der Waals surface area contributed by atoms with Crippen LogP contribution in [0.25, 0.3) is 0 Å². The summed E-state index contributed by atoms with van der Waals surface area (Å²) in [6.45, 7) is 3.66. The van der Waals surface area contributed by atoms with Gasteiger partial charge in [-0.25, -0.2) is 0 Å². The van der Waals surface area contributed by atoms with Crippen molar-refractivity contribution in [2.75, 3.05) is 24.9 Å². The number of carbonyl (C=O) groups is 1. The zero-order chi connectivity index (χ0) is 17.7. The SMILES string of the molecule is COc1ccc(N[C@H](C)C(=O)Nc2cc(C)c(Cl)cc2OC)cc1. The Kier molecular flexibility index (Phi) is 5.93. The van der Waals surface area contributed by atoms with E-state index in [2.05, 4.69) is 10.6 Å². The molecule has 128 valence electrons. The van der Waals surface area contributed by atoms with Crippen LogP contribution in [0.5, 0.6) is 11.5 Å². The zero-order valence-corrected chi connectivity index (χ0v) is 14.9. The van der Waals surface area contributed by atoms with Crippen LogP contribution in [0, 0.1) is 6.92 Å². The molecule has 1 amide bonds. The average molecular weight is 349 g/mol. The van der Waals surface area contributed by atoms with E-state index in [-0.39, 0.29) is 5.91 Å². The third kappa shape index (κ3) is 4.32. The van der Waals surface area contributed by atoms with Gasteiger partial charge in [0.1, 0.15) is 17.5 Å². The molecule has 0 unspecified atom stereocenters. The molecule has 2 rings (SSSR count). The fraction of sp³-hybridized carbons (Fsp3) is 0.278. The van der Waals surface area contributed by atoms with Crippen LogP contribution in [0.1, 0.15) is 12.5 Å². The largest absolute Gasteiger partial charge is 0.497 e. The van der Waals surface area contributed by atoms with E-state index in [4.69, 9.17) is 21.1 Å². The third-order valence-corrected chi connectivity index (χ3v) is 4.01. The number of halogens is 1. The minimum absolute atomic E-state index is 0.175. The topological polar surface area (TPSA) is 59.6 Å². The molecular weight excluding hydrogens is 328 g/mol. The Bertz CT molecular complexity index is 717. The van der Waals surface area contributed by atoms with Gasteiger partial charge in [-0.3, -0.25) is 4.79 Å². The highest BCUT2D eigenvalue weighted by Crippen LogP contribution is 2.31. The minimum Gasteiger partial charge on any atom is -0.497 e. The van der Waals surface area contributed by atoms with Gasteiger partial charge >= 0.3 is 0 Å². The molecule has 0 bridgehead atoms. The summed E-state index contributed by atoms with van der Waals surface area (Å²) in [4.78, 5) is 12.4. The van der Waals surface area contributed by atoms with Crippen molar-refractivity contribution in [2.24, 2.45) is 0 Å². The number of hydrogen-bond donors (Lipinski definition) is 2. The van der Waals surface area contributed by atoms with Crippen molar-refractivity contribution in [1.29, 1.82) is 0 Å². The minimum atomic E-state index is -0.431. The van der Waals surface area contributed by atoms with E-state index in [0.29, 0.717) is 16.5 Å². The Morgan fingerprint density at radius 1 is 1.12 bits per heavy atom. The van der Waals surface area contributed by atoms with Gasteiger partial charge in [0.15, 0.2) is 0 Å². The molecule has 0 aromatic heterocycles. The summed E-state index contributed by atoms with van der Waals surface area (Å²) in [5, 5.41) is 6.60. The van der Waals surface area contributed by atoms with Crippen molar-refractivity contribution in [3.8, 4) is 11.5 Å². The summed E-state index contributed by atoms with van der Waals surface area (Å²) in [5.41, 5.74) is 2.29. The van der Waals surface area contributed by atoms with Crippen molar-refractivity contribution in [2.45, 2.75) is 19.9 Å². The first-order valence-corrected chi connectivity index (χ1v) is 7.88. The lowest BCUT2D eigenvalue weighted by atomic mass is 10.2. The monoisotopic (exact) mass is 348 g/mol. The number of methoxy groups -OCH3 is 2. The Morgan fingerprint density at radius 3 is 2.38 bits per heavy atom. The van der Waals surface area contributed by atoms with Gasteiger partial charge in [0, 0.05) is 16.8 Å². The van der Waals surface area contributed by atoms with Gasteiger partial charge in [-0.1, -0.05) is 11.6 Å². The number of hydrogen-bond acceptors (Lipinski definition) is 4. The smallest absolute Gasteiger partial charge is 0.246 e. The van der Waals surface area contributed by atoms with Crippen molar-refractivity contribution in [1.82, 2.24) is 0 Å². The molecule has 2 aromatic carbocycles. The fourth-order valence-electron chi connectivity index (χ4n) is 2.17. The van der Waals surface area contributed by atoms with Gasteiger partial charge < -0.3 is 20.1 Å². The van der Waals surface area contributed by atoms with Crippen LogP contribution in [-0.4, -0.2) is 26.2 Å². The molecule has 0 aliphatic heterocycles. The molecule has 0 radical (unpaired) electrons. The summed E-state index contributed by atoms with van der Waals surface area (Å²) in [7, 11) is 3.15. The van der Waals surface area contributed by atoms with Crippen molar-refractivity contribution in [3.63, 3.8) is 0 Å². The molecule has 5 nitrogen and oxygen atoms in total. The molecule has 2 aromatic rings. The Hall–Kier alpha value is -2.40. The van der Waals surface area contributed by atoms with Crippen molar-refractivity contribution < 1.29 is 14.3 Å². The molecule has 0 saturated carbocycles. The standard InChI is InChI=1S/C18H21ClN2O3/c1-11-9-16(17(24-4)10-15(11)19)21-18(22)12(2)20-13-5-7-14(23-3)8-6-13/h5-10,12,20H,1-4H3,(H,21,22)/t12-/m1/s1. The lowest BCUT2D eigenvalue weighted by molar-refractivity contribution is -0.116. The molecule has 2 N–H and O–H groups in total. The second-order valence-electron chi connectivity index (χ2n) is 5.39. The van der Waals surface area contributed by atoms with Crippen LogP contribution < -0.4 is 20.1 Å². The molecule has 0 aliphatic carbocycles. The van der Waals surface area contributed by atoms with E-state index in [1.165, 1.54) is 7.11 Å². The van der Waals surface area contributed by atoms with Gasteiger partial charge in [-0.2, -0.15) is 0 Å². The predicted octanol–water partition coefficient (Wildman–Crippen LogP) is 4.10. The Labute approximate surface area is 146 Å². The molecule has 0 heterocycles. The predicted molar refractivity (Wildman–Crippen MR) is 97.4 cm³/mol. The normalized spacial score (nSPS) is 11.5. The molecule has 0 aliphatic rings. The highest BCUT2D eigenvalue weighted by Gasteiger charge is 2.16. The van der Waals surface area contributed by atoms with E-state index in [0.717, 1.165) is 17.0 Å². The van der Waals surface area contributed by atoms with E-state index in [1.807, 2.05) is 31.2 Å². The summed E-state index contributed by atoms with van der Waals surface area (Å²) >= 11 is 6.08. The van der Waals surface area contributed by atoms with E-state index in [1.54, 1.807) is 26.2 Å². The van der Waals surface area contributed by atoms with Gasteiger partial charge in [-0.05, 0) is 49.7 Å². The fourth-order valence-corrected chi connectivity index (χ4v) is 2.33. The first kappa shape index (κ1) is 17.9. The van der Waals surface area contributed by atoms with E-state index in [9.17, 15) is 4.79 Å². The number of benzene rings is 2. The van der Waals surface area contributed by atoms with Gasteiger partial charge in [-0.15, -0.1) is 0 Å². The van der Waals surface area contributed by atoms with Crippen LogP contribution in [0.3, 0.4) is 0 Å². The van der Waals surface area contributed by atoms with Crippen LogP contribution in [-0.2, 0) is 4.79 Å². The van der Waals surface area contributed by atoms with Gasteiger partial charge in [0.25, 0.3) is 0 Å². The van der Waals surface area contributed by atoms with Crippen LogP contribution in [0.2, 0.25) is 5.02 Å². The lowest BCUT2D eigenvalue weighted by Crippen LogP contribution is -2.32. The second-order valence-corrected chi connectivity index (χ2v) is 5.79. The number of anilines is 2. The summed E-state index contributed by atoms with van der Waals surface area (Å²) in [6, 6.07) is 10.4. The summed E-state index contributed by atoms with van der Waals surface area (Å²) in [5.74, 6) is 1.11. The molecule has 24 heavy (non-hydrogen) atoms. The first-order valence-electron chi connectivity index (χ1n) is 7.50.